The molecule has 0 bridgehead atoms. The molecule has 17 heavy (non-hydrogen) atoms. The smallest absolute Gasteiger partial charge is 0.240 e. The molecule has 1 aromatic rings. The lowest BCUT2D eigenvalue weighted by Gasteiger charge is -2.19. The van der Waals surface area contributed by atoms with Gasteiger partial charge in [0.2, 0.25) is 10.0 Å². The van der Waals surface area contributed by atoms with Crippen LogP contribution in [-0.4, -0.2) is 14.5 Å². The van der Waals surface area contributed by atoms with E-state index in [1.165, 1.54) is 12.1 Å². The van der Waals surface area contributed by atoms with Crippen molar-refractivity contribution in [3.05, 3.63) is 24.3 Å². The molecule has 96 valence electrons. The maximum atomic E-state index is 12.0. The van der Waals surface area contributed by atoms with E-state index in [-0.39, 0.29) is 10.9 Å². The van der Waals surface area contributed by atoms with E-state index in [4.69, 9.17) is 5.73 Å². The van der Waals surface area contributed by atoms with Crippen LogP contribution in [0.15, 0.2) is 29.2 Å². The second kappa shape index (κ2) is 5.51. The summed E-state index contributed by atoms with van der Waals surface area (Å²) in [6.07, 6.45) is 0.936. The number of sulfonamides is 1. The van der Waals surface area contributed by atoms with Gasteiger partial charge in [-0.3, -0.25) is 0 Å². The number of nitrogens with two attached hydrogens (primary N) is 1. The van der Waals surface area contributed by atoms with E-state index in [9.17, 15) is 8.42 Å². The summed E-state index contributed by atoms with van der Waals surface area (Å²) in [6.45, 7) is 5.94. The lowest BCUT2D eigenvalue weighted by molar-refractivity contribution is 0.434. The summed E-state index contributed by atoms with van der Waals surface area (Å²) in [6, 6.07) is 6.12. The quantitative estimate of drug-likeness (QED) is 0.791. The van der Waals surface area contributed by atoms with E-state index in [0.29, 0.717) is 11.6 Å². The maximum Gasteiger partial charge on any atom is 0.240 e. The first-order chi connectivity index (χ1) is 7.86. The van der Waals surface area contributed by atoms with Crippen LogP contribution in [-0.2, 0) is 10.0 Å². The van der Waals surface area contributed by atoms with Crippen LogP contribution in [0.5, 0.6) is 0 Å². The number of anilines is 1. The second-order valence-corrected chi connectivity index (χ2v) is 6.08. The largest absolute Gasteiger partial charge is 0.399 e. The van der Waals surface area contributed by atoms with Gasteiger partial charge in [-0.15, -0.1) is 0 Å². The van der Waals surface area contributed by atoms with Gasteiger partial charge < -0.3 is 5.73 Å². The fourth-order valence-corrected chi connectivity index (χ4v) is 2.78. The third-order valence-corrected chi connectivity index (χ3v) is 4.60. The normalized spacial score (nSPS) is 15.5. The van der Waals surface area contributed by atoms with Crippen molar-refractivity contribution in [2.24, 2.45) is 5.92 Å². The highest BCUT2D eigenvalue weighted by atomic mass is 32.2. The molecule has 0 aliphatic heterocycles. The molecule has 0 amide bonds. The summed E-state index contributed by atoms with van der Waals surface area (Å²) in [7, 11) is -3.44. The van der Waals surface area contributed by atoms with Gasteiger partial charge in [-0.25, -0.2) is 13.1 Å². The highest BCUT2D eigenvalue weighted by Crippen LogP contribution is 2.14. The third kappa shape index (κ3) is 3.71. The minimum Gasteiger partial charge on any atom is -0.399 e. The molecule has 1 aromatic carbocycles. The van der Waals surface area contributed by atoms with Crippen molar-refractivity contribution in [3.63, 3.8) is 0 Å². The molecule has 0 radical (unpaired) electrons. The molecular formula is C12H20N2O2S. The highest BCUT2D eigenvalue weighted by Gasteiger charge is 2.19. The summed E-state index contributed by atoms with van der Waals surface area (Å²) in [5.74, 6) is 0.304. The summed E-state index contributed by atoms with van der Waals surface area (Å²) < 4.78 is 26.7. The fraction of sp³-hybridized carbons (Fsp3) is 0.500. The first kappa shape index (κ1) is 14.0. The SMILES string of the molecule is CCC(C)C(C)NS(=O)(=O)c1ccc(N)cc1. The fourth-order valence-electron chi connectivity index (χ4n) is 1.43. The molecule has 1 rings (SSSR count). The van der Waals surface area contributed by atoms with Crippen LogP contribution in [0.25, 0.3) is 0 Å². The summed E-state index contributed by atoms with van der Waals surface area (Å²) >= 11 is 0. The minimum absolute atomic E-state index is 0.0810. The topological polar surface area (TPSA) is 72.2 Å². The molecular weight excluding hydrogens is 236 g/mol. The molecule has 0 aliphatic rings. The van der Waals surface area contributed by atoms with Crippen LogP contribution in [0.4, 0.5) is 5.69 Å². The Hall–Kier alpha value is -1.07. The molecule has 0 saturated carbocycles. The van der Waals surface area contributed by atoms with Gasteiger partial charge in [0.05, 0.1) is 4.90 Å². The van der Waals surface area contributed by atoms with Crippen molar-refractivity contribution in [2.75, 3.05) is 5.73 Å². The van der Waals surface area contributed by atoms with Gasteiger partial charge in [0.25, 0.3) is 0 Å². The first-order valence-corrected chi connectivity index (χ1v) is 7.23. The van der Waals surface area contributed by atoms with E-state index < -0.39 is 10.0 Å². The van der Waals surface area contributed by atoms with Crippen LogP contribution in [0.1, 0.15) is 27.2 Å². The minimum atomic E-state index is -3.44. The molecule has 5 heteroatoms. The molecule has 0 aromatic heterocycles. The highest BCUT2D eigenvalue weighted by molar-refractivity contribution is 7.89. The lowest BCUT2D eigenvalue weighted by Crippen LogP contribution is -2.36. The van der Waals surface area contributed by atoms with Crippen LogP contribution >= 0.6 is 0 Å². The Balaban J connectivity index is 2.85. The zero-order valence-electron chi connectivity index (χ0n) is 10.5. The predicted molar refractivity (Wildman–Crippen MR) is 70.1 cm³/mol. The Morgan fingerprint density at radius 2 is 1.76 bits per heavy atom. The molecule has 0 heterocycles. The maximum absolute atomic E-state index is 12.0. The van der Waals surface area contributed by atoms with E-state index in [1.54, 1.807) is 12.1 Å². The Labute approximate surface area is 103 Å². The standard InChI is InChI=1S/C12H20N2O2S/c1-4-9(2)10(3)14-17(15,16)12-7-5-11(13)6-8-12/h5-10,14H,4,13H2,1-3H3. The average Bonchev–Trinajstić information content (AvgIpc) is 2.27. The average molecular weight is 256 g/mol. The molecule has 0 saturated heterocycles. The van der Waals surface area contributed by atoms with Crippen molar-refractivity contribution >= 4 is 15.7 Å². The lowest BCUT2D eigenvalue weighted by atomic mass is 10.0. The summed E-state index contributed by atoms with van der Waals surface area (Å²) in [5.41, 5.74) is 6.08. The van der Waals surface area contributed by atoms with Gasteiger partial charge in [0.15, 0.2) is 0 Å². The van der Waals surface area contributed by atoms with E-state index in [1.807, 2.05) is 20.8 Å². The van der Waals surface area contributed by atoms with Crippen molar-refractivity contribution in [3.8, 4) is 0 Å². The zero-order chi connectivity index (χ0) is 13.1. The van der Waals surface area contributed by atoms with Crippen molar-refractivity contribution < 1.29 is 8.42 Å². The van der Waals surface area contributed by atoms with Gasteiger partial charge in [-0.05, 0) is 37.1 Å². The van der Waals surface area contributed by atoms with Crippen molar-refractivity contribution in [1.82, 2.24) is 4.72 Å². The number of hydrogen-bond acceptors (Lipinski definition) is 3. The monoisotopic (exact) mass is 256 g/mol. The van der Waals surface area contributed by atoms with Crippen molar-refractivity contribution in [1.29, 1.82) is 0 Å². The van der Waals surface area contributed by atoms with Gasteiger partial charge in [-0.1, -0.05) is 20.3 Å². The zero-order valence-corrected chi connectivity index (χ0v) is 11.3. The Kier molecular flexibility index (Phi) is 4.54. The summed E-state index contributed by atoms with van der Waals surface area (Å²) in [5, 5.41) is 0. The molecule has 0 fully saturated rings. The summed E-state index contributed by atoms with van der Waals surface area (Å²) in [4.78, 5) is 0.252. The first-order valence-electron chi connectivity index (χ1n) is 5.74. The van der Waals surface area contributed by atoms with Gasteiger partial charge in [0.1, 0.15) is 0 Å². The number of rotatable bonds is 5. The molecule has 4 nitrogen and oxygen atoms in total. The van der Waals surface area contributed by atoms with Crippen LogP contribution in [0, 0.1) is 5.92 Å². The van der Waals surface area contributed by atoms with E-state index >= 15 is 0 Å². The van der Waals surface area contributed by atoms with Gasteiger partial charge in [-0.2, -0.15) is 0 Å². The Morgan fingerprint density at radius 1 is 1.24 bits per heavy atom. The van der Waals surface area contributed by atoms with E-state index in [2.05, 4.69) is 4.72 Å². The van der Waals surface area contributed by atoms with Crippen LogP contribution in [0.3, 0.4) is 0 Å². The molecule has 0 aliphatic carbocycles. The molecule has 0 spiro atoms. The number of benzene rings is 1. The van der Waals surface area contributed by atoms with Crippen LogP contribution in [0.2, 0.25) is 0 Å². The second-order valence-electron chi connectivity index (χ2n) is 4.36. The third-order valence-electron chi connectivity index (χ3n) is 3.03. The molecule has 2 unspecified atom stereocenters. The van der Waals surface area contributed by atoms with Crippen molar-refractivity contribution in [2.45, 2.75) is 38.1 Å². The number of nitrogens with one attached hydrogen (secondary N) is 1. The Bertz CT molecular complexity index is 454. The van der Waals surface area contributed by atoms with E-state index in [0.717, 1.165) is 6.42 Å². The van der Waals surface area contributed by atoms with Gasteiger partial charge in [0, 0.05) is 11.7 Å². The molecule has 2 atom stereocenters. The molecule has 3 N–H and O–H groups in total. The van der Waals surface area contributed by atoms with Gasteiger partial charge >= 0.3 is 0 Å². The predicted octanol–water partition coefficient (Wildman–Crippen LogP) is 1.98. The number of hydrogen-bond donors (Lipinski definition) is 2. The van der Waals surface area contributed by atoms with Crippen LogP contribution < -0.4 is 10.5 Å². The Morgan fingerprint density at radius 3 is 2.24 bits per heavy atom. The number of nitrogen functional groups attached to an aromatic ring is 1.